The predicted molar refractivity (Wildman–Crippen MR) is 286 cm³/mol. The van der Waals surface area contributed by atoms with Crippen molar-refractivity contribution in [2.75, 3.05) is 12.3 Å². The number of carbonyl (C=O) groups excluding carboxylic acids is 4. The van der Waals surface area contributed by atoms with E-state index in [0.717, 1.165) is 0 Å². The second-order valence-electron chi connectivity index (χ2n) is 20.8. The number of anilines is 1. The largest absolute Gasteiger partial charge is 0.481 e. The van der Waals surface area contributed by atoms with Crippen molar-refractivity contribution in [3.05, 3.63) is 115 Å². The Kier molecular flexibility index (Phi) is 27.2. The summed E-state index contributed by atoms with van der Waals surface area (Å²) in [5, 5.41) is 86.4. The van der Waals surface area contributed by atoms with Crippen molar-refractivity contribution in [1.82, 2.24) is 0 Å². The van der Waals surface area contributed by atoms with Gasteiger partial charge in [-0.1, -0.05) is 106 Å². The Hall–Kier alpha value is -5.29. The highest BCUT2D eigenvalue weighted by Crippen LogP contribution is 2.38. The molecule has 77 heavy (non-hydrogen) atoms. The van der Waals surface area contributed by atoms with Gasteiger partial charge in [0, 0.05) is 62.1 Å². The van der Waals surface area contributed by atoms with Gasteiger partial charge in [-0.05, 0) is 68.2 Å². The van der Waals surface area contributed by atoms with Crippen LogP contribution in [0.1, 0.15) is 115 Å². The monoisotopic (exact) mass is 1080 g/mol. The molecule has 19 heteroatoms. The summed E-state index contributed by atoms with van der Waals surface area (Å²) in [7, 11) is 0. The van der Waals surface area contributed by atoms with Crippen LogP contribution in [0, 0.1) is 23.7 Å². The molecule has 426 valence electrons. The van der Waals surface area contributed by atoms with Crippen molar-refractivity contribution in [3.8, 4) is 0 Å². The molecule has 19 nitrogen and oxygen atoms in total. The fourth-order valence-electron chi connectivity index (χ4n) is 9.69. The summed E-state index contributed by atoms with van der Waals surface area (Å²) in [5.41, 5.74) is 12.7. The molecule has 3 heterocycles. The highest BCUT2D eigenvalue weighted by atomic mass is 16.7. The molecule has 0 aliphatic carbocycles. The molecule has 2 fully saturated rings. The molecule has 1 aromatic rings. The number of aliphatic hydroxyl groups is 7. The number of Topliss-reactive ketones (excluding diaryl/α,β-unsaturated/α-hetero) is 3. The lowest BCUT2D eigenvalue weighted by atomic mass is 9.83. The topological polar surface area (TPSA) is 336 Å². The predicted octanol–water partition coefficient (Wildman–Crippen LogP) is 4.41. The van der Waals surface area contributed by atoms with E-state index >= 15 is 0 Å². The van der Waals surface area contributed by atoms with Gasteiger partial charge in [0.15, 0.2) is 17.9 Å². The van der Waals surface area contributed by atoms with Crippen LogP contribution in [0.25, 0.3) is 0 Å². The maximum absolute atomic E-state index is 13.3. The zero-order chi connectivity index (χ0) is 56.7. The van der Waals surface area contributed by atoms with Crippen LogP contribution in [0.5, 0.6) is 0 Å². The second-order valence-corrected chi connectivity index (χ2v) is 20.8. The van der Waals surface area contributed by atoms with Gasteiger partial charge in [-0.3, -0.25) is 24.0 Å². The van der Waals surface area contributed by atoms with Crippen molar-refractivity contribution in [2.45, 2.75) is 177 Å². The van der Waals surface area contributed by atoms with Crippen LogP contribution in [-0.4, -0.2) is 150 Å². The summed E-state index contributed by atoms with van der Waals surface area (Å²) < 4.78 is 23.5. The van der Waals surface area contributed by atoms with Crippen LogP contribution in [0.15, 0.2) is 109 Å². The maximum Gasteiger partial charge on any atom is 0.313 e. The van der Waals surface area contributed by atoms with Crippen molar-refractivity contribution in [2.24, 2.45) is 29.4 Å². The molecule has 2 bridgehead atoms. The van der Waals surface area contributed by atoms with Crippen molar-refractivity contribution < 1.29 is 83.8 Å². The summed E-state index contributed by atoms with van der Waals surface area (Å²) in [6.45, 7) is 5.33. The number of carbonyl (C=O) groups is 5. The minimum atomic E-state index is -2.19. The number of aliphatic hydroxyl groups excluding tert-OH is 6. The molecule has 0 saturated carbocycles. The second kappa shape index (κ2) is 32.6. The number of rotatable bonds is 10. The standard InChI is InChI=1S/C58H82N2O17/c1-36-18-14-12-10-8-6-4-5-7-9-11-13-15-23-45(75-57-54(70)53(60)49(68)35-74-57)31-50-52(56(71)72)48(67)34-58(73,77-50)33-44(64)22-17-20-42(62)29-41(61)19-16-21-43(63)30-51(69)76-55(36)38(3)28-37(2)46(65)32-47(66)39-24-26-40(59)27-25-39/h4-15,18,23-27,36-38,42,44-46,48-50,52-55,57,62,64-65,67-68,70,73H,16-17,19-22,28-35,59-60H2,1-3H3,(H,71,72)/b5-4+,8-6+,9-7+,12-10+,13-11+,18-14+,23-15+/t36?,37?,38?,42?,44?,45?,46?,48?,49?,50?,52?,53-,54?,55?,57-,58?/m0/s1. The molecule has 14 unspecified atom stereocenters. The van der Waals surface area contributed by atoms with Gasteiger partial charge in [0.05, 0.1) is 55.4 Å². The zero-order valence-corrected chi connectivity index (χ0v) is 44.4. The lowest BCUT2D eigenvalue weighted by Crippen LogP contribution is -2.59. The molecule has 1 aromatic carbocycles. The number of nitrogens with two attached hydrogens (primary N) is 2. The van der Waals surface area contributed by atoms with Crippen LogP contribution in [0.3, 0.4) is 0 Å². The SMILES string of the molecule is CC1/C=C/C=C/C=C/C=C/C=C/C=C/C=C/C(O[C@@H]2OCC(O)[C@H](N)C2O)CC2OC(O)(CC(O)CCCC(O)CC(=O)CCCC(=O)CC(=O)OC1C(C)CC(C)C(O)CC(=O)c1ccc(N)cc1)CC(O)C2C(=O)O. The number of cyclic esters (lactones) is 1. The third-order valence-corrected chi connectivity index (χ3v) is 14.0. The lowest BCUT2D eigenvalue weighted by Gasteiger charge is -2.45. The molecular formula is C58H82N2O17. The van der Waals surface area contributed by atoms with Crippen LogP contribution in [0.2, 0.25) is 0 Å². The number of carboxylic acids is 1. The van der Waals surface area contributed by atoms with E-state index in [4.69, 9.17) is 30.4 Å². The first-order chi connectivity index (χ1) is 36.5. The molecule has 12 N–H and O–H groups in total. The Bertz CT molecular complexity index is 2260. The number of ether oxygens (including phenoxy) is 4. The minimum absolute atomic E-state index is 0.0342. The van der Waals surface area contributed by atoms with Crippen molar-refractivity contribution in [3.63, 3.8) is 0 Å². The number of nitrogen functional groups attached to an aromatic ring is 1. The molecule has 0 aromatic heterocycles. The van der Waals surface area contributed by atoms with Crippen LogP contribution in [-0.2, 0) is 38.1 Å². The Morgan fingerprint density at radius 1 is 0.792 bits per heavy atom. The number of hydrogen-bond acceptors (Lipinski definition) is 18. The lowest BCUT2D eigenvalue weighted by molar-refractivity contribution is -0.305. The summed E-state index contributed by atoms with van der Waals surface area (Å²) >= 11 is 0. The summed E-state index contributed by atoms with van der Waals surface area (Å²) in [6, 6.07) is 5.35. The van der Waals surface area contributed by atoms with Crippen LogP contribution < -0.4 is 11.5 Å². The van der Waals surface area contributed by atoms with Crippen LogP contribution >= 0.6 is 0 Å². The molecule has 16 atom stereocenters. The van der Waals surface area contributed by atoms with E-state index in [2.05, 4.69) is 0 Å². The van der Waals surface area contributed by atoms with Gasteiger partial charge >= 0.3 is 11.9 Å². The van der Waals surface area contributed by atoms with E-state index in [0.29, 0.717) is 17.7 Å². The number of aliphatic carboxylic acids is 1. The average molecular weight is 1080 g/mol. The highest BCUT2D eigenvalue weighted by Gasteiger charge is 2.50. The van der Waals surface area contributed by atoms with Crippen molar-refractivity contribution >= 4 is 35.0 Å². The fourth-order valence-corrected chi connectivity index (χ4v) is 9.69. The first kappa shape index (κ1) is 64.2. The molecule has 4 rings (SSSR count). The average Bonchev–Trinajstić information content (AvgIpc) is 3.35. The molecule has 2 saturated heterocycles. The summed E-state index contributed by atoms with van der Waals surface area (Å²) in [4.78, 5) is 64.5. The molecular weight excluding hydrogens is 997 g/mol. The molecule has 3 aliphatic heterocycles. The van der Waals surface area contributed by atoms with Crippen molar-refractivity contribution in [1.29, 1.82) is 0 Å². The first-order valence-corrected chi connectivity index (χ1v) is 26.6. The number of carboxylic acid groups (broad SMARTS) is 1. The van der Waals surface area contributed by atoms with E-state index in [-0.39, 0.29) is 93.7 Å². The molecule has 0 spiro atoms. The van der Waals surface area contributed by atoms with E-state index in [1.54, 1.807) is 97.2 Å². The van der Waals surface area contributed by atoms with E-state index in [9.17, 15) is 64.8 Å². The normalized spacial score (nSPS) is 35.6. The van der Waals surface area contributed by atoms with Gasteiger partial charge in [-0.2, -0.15) is 0 Å². The third kappa shape index (κ3) is 22.5. The minimum Gasteiger partial charge on any atom is -0.481 e. The maximum atomic E-state index is 13.3. The first-order valence-electron chi connectivity index (χ1n) is 26.6. The Morgan fingerprint density at radius 3 is 2.00 bits per heavy atom. The van der Waals surface area contributed by atoms with E-state index in [1.807, 2.05) is 26.8 Å². The van der Waals surface area contributed by atoms with Gasteiger partial charge in [-0.25, -0.2) is 0 Å². The highest BCUT2D eigenvalue weighted by molar-refractivity contribution is 5.97. The van der Waals surface area contributed by atoms with Gasteiger partial charge in [-0.15, -0.1) is 0 Å². The number of ketones is 3. The smallest absolute Gasteiger partial charge is 0.313 e. The third-order valence-electron chi connectivity index (χ3n) is 14.0. The Labute approximate surface area is 451 Å². The molecule has 0 radical (unpaired) electrons. The number of esters is 1. The Balaban J connectivity index is 1.51. The number of allylic oxidation sites excluding steroid dienone is 12. The molecule has 3 aliphatic rings. The quantitative estimate of drug-likeness (QED) is 0.0671. The Morgan fingerprint density at radius 2 is 1.38 bits per heavy atom. The van der Waals surface area contributed by atoms with Crippen LogP contribution in [0.4, 0.5) is 5.69 Å². The van der Waals surface area contributed by atoms with Gasteiger partial charge in [0.25, 0.3) is 0 Å². The summed E-state index contributed by atoms with van der Waals surface area (Å²) in [6.07, 6.45) is 11.0. The van der Waals surface area contributed by atoms with Gasteiger partial charge in [0.2, 0.25) is 0 Å². The number of benzene rings is 1. The zero-order valence-electron chi connectivity index (χ0n) is 44.4. The van der Waals surface area contributed by atoms with Gasteiger partial charge < -0.3 is 71.3 Å². The number of hydrogen-bond donors (Lipinski definition) is 10. The molecule has 0 amide bonds. The fraction of sp³-hybridized carbons (Fsp3) is 0.569. The number of fused-ring (bicyclic) bond motifs is 2. The van der Waals surface area contributed by atoms with E-state index in [1.165, 1.54) is 6.08 Å². The van der Waals surface area contributed by atoms with Gasteiger partial charge in [0.1, 0.15) is 36.1 Å². The summed E-state index contributed by atoms with van der Waals surface area (Å²) in [5.74, 6) is -7.86. The van der Waals surface area contributed by atoms with E-state index < -0.39 is 116 Å².